The van der Waals surface area contributed by atoms with Gasteiger partial charge in [0.15, 0.2) is 0 Å². The summed E-state index contributed by atoms with van der Waals surface area (Å²) in [7, 11) is 0. The molecule has 3 saturated heterocycles. The van der Waals surface area contributed by atoms with Crippen molar-refractivity contribution in [3.8, 4) is 0 Å². The first kappa shape index (κ1) is 25.4. The number of rotatable bonds is 8. The SMILES string of the molecule is CCCN1CC=C[C@@H]2O[C@]34C=CCN(CCN5CCOCC5)C(=O)C3N(CCCO)C(=O)[C@@H]4[C@@H]2C1=O. The van der Waals surface area contributed by atoms with Crippen LogP contribution in [0.2, 0.25) is 0 Å². The molecule has 5 atom stereocenters. The Hall–Kier alpha value is -2.27. The van der Waals surface area contributed by atoms with Crippen molar-refractivity contribution < 1.29 is 29.0 Å². The minimum Gasteiger partial charge on any atom is -0.396 e. The van der Waals surface area contributed by atoms with Gasteiger partial charge in [-0.25, -0.2) is 0 Å². The fourth-order valence-corrected chi connectivity index (χ4v) is 6.48. The van der Waals surface area contributed by atoms with E-state index in [1.165, 1.54) is 0 Å². The van der Waals surface area contributed by atoms with E-state index in [2.05, 4.69) is 4.90 Å². The number of aliphatic hydroxyl groups excluding tert-OH is 1. The fourth-order valence-electron chi connectivity index (χ4n) is 6.48. The van der Waals surface area contributed by atoms with Gasteiger partial charge in [-0.3, -0.25) is 19.3 Å². The molecule has 5 aliphatic rings. The number of carbonyl (C=O) groups excluding carboxylic acids is 3. The number of carbonyl (C=O) groups is 3. The van der Waals surface area contributed by atoms with Gasteiger partial charge in [-0.2, -0.15) is 0 Å². The Kier molecular flexibility index (Phi) is 7.48. The summed E-state index contributed by atoms with van der Waals surface area (Å²) >= 11 is 0. The monoisotopic (exact) mass is 502 g/mol. The highest BCUT2D eigenvalue weighted by molar-refractivity contribution is 5.99. The number of nitrogens with zero attached hydrogens (tertiary/aromatic N) is 4. The zero-order valence-electron chi connectivity index (χ0n) is 21.1. The van der Waals surface area contributed by atoms with E-state index in [1.807, 2.05) is 31.2 Å². The molecule has 36 heavy (non-hydrogen) atoms. The Morgan fingerprint density at radius 3 is 2.47 bits per heavy atom. The zero-order chi connectivity index (χ0) is 25.3. The second-order valence-electron chi connectivity index (χ2n) is 10.3. The van der Waals surface area contributed by atoms with Gasteiger partial charge in [0.2, 0.25) is 17.7 Å². The molecule has 10 heteroatoms. The number of ether oxygens (including phenoxy) is 2. The average molecular weight is 503 g/mol. The predicted octanol–water partition coefficient (Wildman–Crippen LogP) is -0.511. The Morgan fingerprint density at radius 2 is 1.72 bits per heavy atom. The van der Waals surface area contributed by atoms with E-state index in [4.69, 9.17) is 9.47 Å². The van der Waals surface area contributed by atoms with Crippen LogP contribution >= 0.6 is 0 Å². The Morgan fingerprint density at radius 1 is 0.972 bits per heavy atom. The second-order valence-corrected chi connectivity index (χ2v) is 10.3. The highest BCUT2D eigenvalue weighted by Gasteiger charge is 2.71. The van der Waals surface area contributed by atoms with Gasteiger partial charge < -0.3 is 29.3 Å². The maximum atomic E-state index is 14.1. The Balaban J connectivity index is 1.46. The van der Waals surface area contributed by atoms with Crippen LogP contribution in [0.1, 0.15) is 19.8 Å². The average Bonchev–Trinajstić information content (AvgIpc) is 3.20. The number of fused-ring (bicyclic) bond motifs is 2. The van der Waals surface area contributed by atoms with Gasteiger partial charge in [0.25, 0.3) is 0 Å². The predicted molar refractivity (Wildman–Crippen MR) is 131 cm³/mol. The molecule has 5 heterocycles. The summed E-state index contributed by atoms with van der Waals surface area (Å²) in [6.45, 7) is 8.06. The van der Waals surface area contributed by atoms with Crippen LogP contribution in [0.4, 0.5) is 0 Å². The van der Waals surface area contributed by atoms with E-state index in [0.29, 0.717) is 45.8 Å². The largest absolute Gasteiger partial charge is 0.396 e. The molecule has 3 amide bonds. The molecule has 1 spiro atoms. The molecule has 0 saturated carbocycles. The van der Waals surface area contributed by atoms with E-state index >= 15 is 0 Å². The molecule has 1 unspecified atom stereocenters. The minimum atomic E-state index is -1.19. The van der Waals surface area contributed by atoms with Crippen molar-refractivity contribution in [3.63, 3.8) is 0 Å². The van der Waals surface area contributed by atoms with Gasteiger partial charge in [0, 0.05) is 59.0 Å². The van der Waals surface area contributed by atoms with Crippen molar-refractivity contribution in [2.24, 2.45) is 11.8 Å². The van der Waals surface area contributed by atoms with Gasteiger partial charge in [0.05, 0.1) is 31.2 Å². The molecule has 0 aromatic heterocycles. The minimum absolute atomic E-state index is 0.0842. The lowest BCUT2D eigenvalue weighted by Crippen LogP contribution is -2.56. The Bertz CT molecular complexity index is 918. The summed E-state index contributed by atoms with van der Waals surface area (Å²) in [5, 5.41) is 9.51. The van der Waals surface area contributed by atoms with E-state index in [0.717, 1.165) is 26.1 Å². The lowest BCUT2D eigenvalue weighted by atomic mass is 9.77. The maximum absolute atomic E-state index is 14.1. The standard InChI is InChI=1S/C26H38N4O6/c1-2-8-28-9-3-6-19-20(23(28)32)21-24(33)30(11-5-16-31)22-25(34)29(10-4-7-26(21,22)36-19)13-12-27-14-17-35-18-15-27/h3-4,6-7,19-22,31H,2,5,8-18H2,1H3/t19-,20+,21-,22?,26-/m0/s1. The number of aliphatic hydroxyl groups is 1. The fraction of sp³-hybridized carbons (Fsp3) is 0.731. The molecule has 0 aromatic carbocycles. The molecule has 0 aliphatic carbocycles. The van der Waals surface area contributed by atoms with E-state index in [-0.39, 0.29) is 30.9 Å². The zero-order valence-corrected chi connectivity index (χ0v) is 21.1. The first-order valence-corrected chi connectivity index (χ1v) is 13.3. The van der Waals surface area contributed by atoms with Crippen LogP contribution < -0.4 is 0 Å². The molecule has 10 nitrogen and oxygen atoms in total. The summed E-state index contributed by atoms with van der Waals surface area (Å²) in [4.78, 5) is 49.1. The molecule has 3 fully saturated rings. The number of amides is 3. The lowest BCUT2D eigenvalue weighted by Gasteiger charge is -2.36. The quantitative estimate of drug-likeness (QED) is 0.446. The molecule has 0 radical (unpaired) electrons. The number of morpholine rings is 1. The van der Waals surface area contributed by atoms with Crippen molar-refractivity contribution in [2.45, 2.75) is 37.5 Å². The van der Waals surface area contributed by atoms with Crippen LogP contribution in [0.5, 0.6) is 0 Å². The maximum Gasteiger partial charge on any atom is 0.249 e. The van der Waals surface area contributed by atoms with Crippen LogP contribution in [0.3, 0.4) is 0 Å². The molecule has 1 N–H and O–H groups in total. The normalized spacial score (nSPS) is 34.6. The molecule has 198 valence electrons. The molecule has 5 aliphatic heterocycles. The number of likely N-dealkylation sites (tertiary alicyclic amines) is 1. The summed E-state index contributed by atoms with van der Waals surface area (Å²) in [5.41, 5.74) is -1.19. The first-order chi connectivity index (χ1) is 17.5. The molecular weight excluding hydrogens is 464 g/mol. The highest BCUT2D eigenvalue weighted by Crippen LogP contribution is 2.53. The third kappa shape index (κ3) is 4.27. The lowest BCUT2D eigenvalue weighted by molar-refractivity contribution is -0.148. The van der Waals surface area contributed by atoms with Gasteiger partial charge in [-0.05, 0) is 12.8 Å². The van der Waals surface area contributed by atoms with Crippen LogP contribution in [0, 0.1) is 11.8 Å². The van der Waals surface area contributed by atoms with E-state index < -0.39 is 29.6 Å². The van der Waals surface area contributed by atoms with Crippen molar-refractivity contribution in [3.05, 3.63) is 24.3 Å². The highest BCUT2D eigenvalue weighted by atomic mass is 16.5. The molecule has 5 rings (SSSR count). The van der Waals surface area contributed by atoms with Gasteiger partial charge in [-0.15, -0.1) is 0 Å². The van der Waals surface area contributed by atoms with Crippen LogP contribution in [-0.2, 0) is 23.9 Å². The summed E-state index contributed by atoms with van der Waals surface area (Å²) in [6.07, 6.45) is 8.28. The summed E-state index contributed by atoms with van der Waals surface area (Å²) in [5.74, 6) is -1.89. The van der Waals surface area contributed by atoms with E-state index in [9.17, 15) is 19.5 Å². The van der Waals surface area contributed by atoms with Gasteiger partial charge in [0.1, 0.15) is 11.6 Å². The van der Waals surface area contributed by atoms with E-state index in [1.54, 1.807) is 14.7 Å². The third-order valence-corrected chi connectivity index (χ3v) is 8.17. The summed E-state index contributed by atoms with van der Waals surface area (Å²) < 4.78 is 12.0. The molecular formula is C26H38N4O6. The molecule has 0 bridgehead atoms. The van der Waals surface area contributed by atoms with Gasteiger partial charge in [-0.1, -0.05) is 31.2 Å². The van der Waals surface area contributed by atoms with Crippen molar-refractivity contribution in [2.75, 3.05) is 72.2 Å². The van der Waals surface area contributed by atoms with Crippen molar-refractivity contribution >= 4 is 17.7 Å². The third-order valence-electron chi connectivity index (χ3n) is 8.17. The van der Waals surface area contributed by atoms with Gasteiger partial charge >= 0.3 is 0 Å². The van der Waals surface area contributed by atoms with Crippen LogP contribution in [0.25, 0.3) is 0 Å². The van der Waals surface area contributed by atoms with Crippen LogP contribution in [-0.4, -0.2) is 132 Å². The number of hydrogen-bond donors (Lipinski definition) is 1. The number of hydrogen-bond acceptors (Lipinski definition) is 7. The Labute approximate surface area is 212 Å². The van der Waals surface area contributed by atoms with Crippen LogP contribution in [0.15, 0.2) is 24.3 Å². The second kappa shape index (κ2) is 10.6. The molecule has 0 aromatic rings. The topological polar surface area (TPSA) is 103 Å². The first-order valence-electron chi connectivity index (χ1n) is 13.3. The van der Waals surface area contributed by atoms with Crippen molar-refractivity contribution in [1.82, 2.24) is 19.6 Å². The van der Waals surface area contributed by atoms with Crippen molar-refractivity contribution in [1.29, 1.82) is 0 Å². The smallest absolute Gasteiger partial charge is 0.249 e. The summed E-state index contributed by atoms with van der Waals surface area (Å²) in [6, 6.07) is -0.849.